The quantitative estimate of drug-likeness (QED) is 0.846. The highest BCUT2D eigenvalue weighted by Crippen LogP contribution is 2.30. The standard InChI is InChI=1S/C17H21NO2/c1-3-17(13-19,14-7-5-4-6-8-14)18-15-9-11-16(20-2)12-10-15/h4-12,18-19H,3,13H2,1-2H3. The highest BCUT2D eigenvalue weighted by atomic mass is 16.5. The second-order valence-electron chi connectivity index (χ2n) is 4.81. The van der Waals surface area contributed by atoms with Gasteiger partial charge in [0.05, 0.1) is 19.3 Å². The van der Waals surface area contributed by atoms with Crippen LogP contribution in [0.15, 0.2) is 54.6 Å². The summed E-state index contributed by atoms with van der Waals surface area (Å²) in [6, 6.07) is 17.8. The number of benzene rings is 2. The van der Waals surface area contributed by atoms with Crippen molar-refractivity contribution in [3.05, 3.63) is 60.2 Å². The van der Waals surface area contributed by atoms with E-state index >= 15 is 0 Å². The van der Waals surface area contributed by atoms with Crippen molar-refractivity contribution in [3.63, 3.8) is 0 Å². The summed E-state index contributed by atoms with van der Waals surface area (Å²) >= 11 is 0. The number of anilines is 1. The summed E-state index contributed by atoms with van der Waals surface area (Å²) in [5.74, 6) is 0.821. The molecule has 2 N–H and O–H groups in total. The van der Waals surface area contributed by atoms with E-state index in [0.29, 0.717) is 0 Å². The molecular formula is C17H21NO2. The van der Waals surface area contributed by atoms with Gasteiger partial charge in [0.2, 0.25) is 0 Å². The Morgan fingerprint density at radius 3 is 2.20 bits per heavy atom. The molecule has 2 aromatic carbocycles. The van der Waals surface area contributed by atoms with Crippen LogP contribution in [0.25, 0.3) is 0 Å². The van der Waals surface area contributed by atoms with Gasteiger partial charge in [-0.1, -0.05) is 37.3 Å². The number of hydrogen-bond acceptors (Lipinski definition) is 3. The highest BCUT2D eigenvalue weighted by molar-refractivity contribution is 5.50. The molecule has 106 valence electrons. The van der Waals surface area contributed by atoms with Crippen molar-refractivity contribution in [1.82, 2.24) is 0 Å². The molecular weight excluding hydrogens is 250 g/mol. The maximum atomic E-state index is 9.90. The lowest BCUT2D eigenvalue weighted by molar-refractivity contribution is 0.207. The molecule has 3 nitrogen and oxygen atoms in total. The van der Waals surface area contributed by atoms with Gasteiger partial charge >= 0.3 is 0 Å². The van der Waals surface area contributed by atoms with Crippen molar-refractivity contribution >= 4 is 5.69 Å². The second-order valence-corrected chi connectivity index (χ2v) is 4.81. The third-order valence-electron chi connectivity index (χ3n) is 3.67. The van der Waals surface area contributed by atoms with Crippen LogP contribution in [0.5, 0.6) is 5.75 Å². The summed E-state index contributed by atoms with van der Waals surface area (Å²) in [4.78, 5) is 0. The van der Waals surface area contributed by atoms with Gasteiger partial charge in [-0.3, -0.25) is 0 Å². The van der Waals surface area contributed by atoms with Gasteiger partial charge in [0.25, 0.3) is 0 Å². The van der Waals surface area contributed by atoms with E-state index in [1.807, 2.05) is 54.6 Å². The van der Waals surface area contributed by atoms with Crippen LogP contribution in [0.1, 0.15) is 18.9 Å². The van der Waals surface area contributed by atoms with Gasteiger partial charge in [-0.25, -0.2) is 0 Å². The summed E-state index contributed by atoms with van der Waals surface area (Å²) in [6.07, 6.45) is 0.791. The molecule has 0 saturated carbocycles. The first-order valence-corrected chi connectivity index (χ1v) is 6.82. The summed E-state index contributed by atoms with van der Waals surface area (Å²) < 4.78 is 5.16. The average Bonchev–Trinajstić information content (AvgIpc) is 2.54. The molecule has 0 radical (unpaired) electrons. The van der Waals surface area contributed by atoms with Crippen LogP contribution >= 0.6 is 0 Å². The minimum Gasteiger partial charge on any atom is -0.497 e. The van der Waals surface area contributed by atoms with Crippen LogP contribution in [-0.2, 0) is 5.54 Å². The number of methoxy groups -OCH3 is 1. The second kappa shape index (κ2) is 6.44. The van der Waals surface area contributed by atoms with Crippen molar-refractivity contribution in [1.29, 1.82) is 0 Å². The molecule has 0 aliphatic carbocycles. The Labute approximate surface area is 120 Å². The third-order valence-corrected chi connectivity index (χ3v) is 3.67. The van der Waals surface area contributed by atoms with E-state index in [1.165, 1.54) is 0 Å². The Bertz CT molecular complexity index is 518. The lowest BCUT2D eigenvalue weighted by Gasteiger charge is -2.33. The molecule has 2 aromatic rings. The number of rotatable bonds is 6. The number of aliphatic hydroxyl groups excluding tert-OH is 1. The predicted molar refractivity (Wildman–Crippen MR) is 82.1 cm³/mol. The number of ether oxygens (including phenoxy) is 1. The molecule has 0 heterocycles. The van der Waals surface area contributed by atoms with Crippen molar-refractivity contribution in [2.24, 2.45) is 0 Å². The van der Waals surface area contributed by atoms with Crippen molar-refractivity contribution in [2.45, 2.75) is 18.9 Å². The normalized spacial score (nSPS) is 13.6. The van der Waals surface area contributed by atoms with Crippen LogP contribution < -0.4 is 10.1 Å². The fourth-order valence-electron chi connectivity index (χ4n) is 2.32. The van der Waals surface area contributed by atoms with E-state index in [0.717, 1.165) is 23.4 Å². The molecule has 0 aromatic heterocycles. The fraction of sp³-hybridized carbons (Fsp3) is 0.294. The van der Waals surface area contributed by atoms with Crippen molar-refractivity contribution < 1.29 is 9.84 Å². The molecule has 3 heteroatoms. The summed E-state index contributed by atoms with van der Waals surface area (Å²) in [5, 5.41) is 13.4. The average molecular weight is 271 g/mol. The molecule has 0 bridgehead atoms. The monoisotopic (exact) mass is 271 g/mol. The van der Waals surface area contributed by atoms with Gasteiger partial charge in [0, 0.05) is 5.69 Å². The Morgan fingerprint density at radius 2 is 1.70 bits per heavy atom. The summed E-state index contributed by atoms with van der Waals surface area (Å²) in [6.45, 7) is 2.11. The number of nitrogens with one attached hydrogen (secondary N) is 1. The van der Waals surface area contributed by atoms with Crippen LogP contribution in [0.4, 0.5) is 5.69 Å². The van der Waals surface area contributed by atoms with E-state index in [4.69, 9.17) is 4.74 Å². The van der Waals surface area contributed by atoms with E-state index in [2.05, 4.69) is 12.2 Å². The molecule has 1 unspecified atom stereocenters. The predicted octanol–water partition coefficient (Wildman–Crippen LogP) is 3.40. The zero-order valence-corrected chi connectivity index (χ0v) is 12.0. The van der Waals surface area contributed by atoms with Gasteiger partial charge in [0.1, 0.15) is 5.75 Å². The minimum absolute atomic E-state index is 0.0412. The van der Waals surface area contributed by atoms with Gasteiger partial charge in [0.15, 0.2) is 0 Å². The molecule has 0 aliphatic heterocycles. The fourth-order valence-corrected chi connectivity index (χ4v) is 2.32. The van der Waals surface area contributed by atoms with E-state index in [1.54, 1.807) is 7.11 Å². The molecule has 20 heavy (non-hydrogen) atoms. The topological polar surface area (TPSA) is 41.5 Å². The Hall–Kier alpha value is -2.00. The van der Waals surface area contributed by atoms with E-state index in [9.17, 15) is 5.11 Å². The van der Waals surface area contributed by atoms with Crippen LogP contribution in [0, 0.1) is 0 Å². The Balaban J connectivity index is 2.29. The first-order valence-electron chi connectivity index (χ1n) is 6.82. The van der Waals surface area contributed by atoms with Gasteiger partial charge < -0.3 is 15.2 Å². The first kappa shape index (κ1) is 14.4. The Morgan fingerprint density at radius 1 is 1.05 bits per heavy atom. The number of aliphatic hydroxyl groups is 1. The summed E-state index contributed by atoms with van der Waals surface area (Å²) in [5.41, 5.74) is 1.59. The maximum absolute atomic E-state index is 9.90. The zero-order valence-electron chi connectivity index (χ0n) is 12.0. The van der Waals surface area contributed by atoms with Crippen LogP contribution in [0.2, 0.25) is 0 Å². The SMILES string of the molecule is CCC(CO)(Nc1ccc(OC)cc1)c1ccccc1. The van der Waals surface area contributed by atoms with Gasteiger partial charge in [-0.05, 0) is 36.2 Å². The molecule has 1 atom stereocenters. The van der Waals surface area contributed by atoms with E-state index < -0.39 is 5.54 Å². The smallest absolute Gasteiger partial charge is 0.119 e. The molecule has 0 amide bonds. The summed E-state index contributed by atoms with van der Waals surface area (Å²) in [7, 11) is 1.65. The molecule has 0 spiro atoms. The Kier molecular flexibility index (Phi) is 4.64. The first-order chi connectivity index (χ1) is 9.74. The minimum atomic E-state index is -0.462. The van der Waals surface area contributed by atoms with Crippen LogP contribution in [0.3, 0.4) is 0 Å². The van der Waals surface area contributed by atoms with Gasteiger partial charge in [-0.15, -0.1) is 0 Å². The number of hydrogen-bond donors (Lipinski definition) is 2. The van der Waals surface area contributed by atoms with Crippen molar-refractivity contribution in [2.75, 3.05) is 19.0 Å². The highest BCUT2D eigenvalue weighted by Gasteiger charge is 2.29. The van der Waals surface area contributed by atoms with Crippen molar-refractivity contribution in [3.8, 4) is 5.75 Å². The lowest BCUT2D eigenvalue weighted by Crippen LogP contribution is -2.38. The van der Waals surface area contributed by atoms with E-state index in [-0.39, 0.29) is 6.61 Å². The maximum Gasteiger partial charge on any atom is 0.119 e. The van der Waals surface area contributed by atoms with Crippen LogP contribution in [-0.4, -0.2) is 18.8 Å². The third kappa shape index (κ3) is 2.94. The molecule has 2 rings (SSSR count). The molecule has 0 aliphatic rings. The lowest BCUT2D eigenvalue weighted by atomic mass is 9.87. The zero-order chi connectivity index (χ0) is 14.4. The molecule has 0 fully saturated rings. The molecule has 0 saturated heterocycles. The van der Waals surface area contributed by atoms with Gasteiger partial charge in [-0.2, -0.15) is 0 Å². The largest absolute Gasteiger partial charge is 0.497 e.